The van der Waals surface area contributed by atoms with E-state index in [1.165, 1.54) is 0 Å². The number of para-hydroxylation sites is 2. The highest BCUT2D eigenvalue weighted by Gasteiger charge is 2.18. The standard InChI is InChI=1S/C23H27N3O2/c1-4-26(5-2)15-16-28-22-17-20(19-13-9-10-14-21(19)24-22)23(27)25(3)18-11-7-6-8-12-18/h6-14,17H,4-5,15-16H2,1-3H3. The third kappa shape index (κ3) is 4.49. The number of anilines is 1. The van der Waals surface area contributed by atoms with Crippen molar-refractivity contribution in [2.24, 2.45) is 0 Å². The largest absolute Gasteiger partial charge is 0.476 e. The van der Waals surface area contributed by atoms with Crippen LogP contribution in [0.5, 0.6) is 5.88 Å². The molecule has 0 saturated heterocycles. The molecule has 0 aliphatic rings. The van der Waals surface area contributed by atoms with Gasteiger partial charge in [-0.3, -0.25) is 4.79 Å². The van der Waals surface area contributed by atoms with E-state index < -0.39 is 0 Å². The molecule has 5 nitrogen and oxygen atoms in total. The lowest BCUT2D eigenvalue weighted by Gasteiger charge is -2.20. The highest BCUT2D eigenvalue weighted by Crippen LogP contribution is 2.25. The van der Waals surface area contributed by atoms with Gasteiger partial charge in [-0.1, -0.05) is 50.2 Å². The Hall–Kier alpha value is -2.92. The molecule has 1 amide bonds. The van der Waals surface area contributed by atoms with Gasteiger partial charge in [-0.05, 0) is 31.3 Å². The first-order valence-corrected chi connectivity index (χ1v) is 9.72. The molecule has 1 heterocycles. The van der Waals surface area contributed by atoms with E-state index in [9.17, 15) is 4.79 Å². The Morgan fingerprint density at radius 1 is 1.00 bits per heavy atom. The molecule has 5 heteroatoms. The molecule has 0 bridgehead atoms. The van der Waals surface area contributed by atoms with Crippen molar-refractivity contribution in [3.63, 3.8) is 0 Å². The molecule has 3 rings (SSSR count). The second-order valence-corrected chi connectivity index (χ2v) is 6.60. The minimum absolute atomic E-state index is 0.0848. The Kier molecular flexibility index (Phi) is 6.61. The van der Waals surface area contributed by atoms with Crippen LogP contribution < -0.4 is 9.64 Å². The molecule has 0 aliphatic carbocycles. The van der Waals surface area contributed by atoms with Crippen molar-refractivity contribution >= 4 is 22.5 Å². The van der Waals surface area contributed by atoms with Gasteiger partial charge in [0.25, 0.3) is 5.91 Å². The Morgan fingerprint density at radius 2 is 1.68 bits per heavy atom. The molecule has 0 fully saturated rings. The van der Waals surface area contributed by atoms with Gasteiger partial charge in [0.2, 0.25) is 5.88 Å². The van der Waals surface area contributed by atoms with E-state index >= 15 is 0 Å². The normalized spacial score (nSPS) is 11.0. The zero-order valence-electron chi connectivity index (χ0n) is 16.8. The van der Waals surface area contributed by atoms with E-state index in [4.69, 9.17) is 4.74 Å². The van der Waals surface area contributed by atoms with Crippen molar-refractivity contribution in [3.8, 4) is 5.88 Å². The van der Waals surface area contributed by atoms with E-state index in [2.05, 4.69) is 23.7 Å². The Labute approximate surface area is 166 Å². The van der Waals surface area contributed by atoms with Gasteiger partial charge in [-0.15, -0.1) is 0 Å². The molecule has 0 unspecified atom stereocenters. The first-order valence-electron chi connectivity index (χ1n) is 9.72. The molecule has 146 valence electrons. The highest BCUT2D eigenvalue weighted by molar-refractivity contribution is 6.13. The van der Waals surface area contributed by atoms with E-state index in [0.717, 1.165) is 36.2 Å². The van der Waals surface area contributed by atoms with Gasteiger partial charge in [0.05, 0.1) is 11.1 Å². The molecule has 2 aromatic carbocycles. The van der Waals surface area contributed by atoms with Gasteiger partial charge >= 0.3 is 0 Å². The molecule has 0 N–H and O–H groups in total. The van der Waals surface area contributed by atoms with Crippen molar-refractivity contribution in [2.45, 2.75) is 13.8 Å². The molecule has 0 aliphatic heterocycles. The third-order valence-corrected chi connectivity index (χ3v) is 4.92. The summed E-state index contributed by atoms with van der Waals surface area (Å²) in [5.74, 6) is 0.397. The van der Waals surface area contributed by atoms with Crippen LogP contribution in [0.1, 0.15) is 24.2 Å². The molecule has 1 aromatic heterocycles. The zero-order chi connectivity index (χ0) is 19.9. The number of nitrogens with zero attached hydrogens (tertiary/aromatic N) is 3. The predicted octanol–water partition coefficient (Wildman–Crippen LogP) is 4.23. The summed E-state index contributed by atoms with van der Waals surface area (Å²) in [4.78, 5) is 21.7. The number of rotatable bonds is 8. The van der Waals surface area contributed by atoms with Gasteiger partial charge in [0, 0.05) is 30.7 Å². The van der Waals surface area contributed by atoms with Gasteiger partial charge in [-0.2, -0.15) is 0 Å². The van der Waals surface area contributed by atoms with E-state index in [1.54, 1.807) is 18.0 Å². The Bertz CT molecular complexity index is 924. The first kappa shape index (κ1) is 19.8. The molecular weight excluding hydrogens is 350 g/mol. The second kappa shape index (κ2) is 9.33. The maximum Gasteiger partial charge on any atom is 0.258 e. The van der Waals surface area contributed by atoms with E-state index in [-0.39, 0.29) is 5.91 Å². The average molecular weight is 377 g/mol. The topological polar surface area (TPSA) is 45.7 Å². The lowest BCUT2D eigenvalue weighted by molar-refractivity contribution is 0.0994. The van der Waals surface area contributed by atoms with Crippen LogP contribution in [0.2, 0.25) is 0 Å². The minimum atomic E-state index is -0.0848. The van der Waals surface area contributed by atoms with Crippen molar-refractivity contribution in [1.82, 2.24) is 9.88 Å². The number of amides is 1. The molecular formula is C23H27N3O2. The quantitative estimate of drug-likeness (QED) is 0.589. The number of benzene rings is 2. The highest BCUT2D eigenvalue weighted by atomic mass is 16.5. The average Bonchev–Trinajstić information content (AvgIpc) is 2.75. The molecule has 28 heavy (non-hydrogen) atoms. The molecule has 0 spiro atoms. The maximum absolute atomic E-state index is 13.2. The summed E-state index contributed by atoms with van der Waals surface area (Å²) in [6.07, 6.45) is 0. The van der Waals surface area contributed by atoms with Crippen LogP contribution in [0, 0.1) is 0 Å². The summed E-state index contributed by atoms with van der Waals surface area (Å²) in [6, 6.07) is 19.1. The monoisotopic (exact) mass is 377 g/mol. The van der Waals surface area contributed by atoms with Gasteiger partial charge in [0.1, 0.15) is 6.61 Å². The van der Waals surface area contributed by atoms with Gasteiger partial charge < -0.3 is 14.5 Å². The molecule has 3 aromatic rings. The summed E-state index contributed by atoms with van der Waals surface area (Å²) >= 11 is 0. The lowest BCUT2D eigenvalue weighted by Crippen LogP contribution is -2.28. The fourth-order valence-electron chi connectivity index (χ4n) is 3.17. The van der Waals surface area contributed by atoms with Crippen LogP contribution in [-0.2, 0) is 0 Å². The fraction of sp³-hybridized carbons (Fsp3) is 0.304. The predicted molar refractivity (Wildman–Crippen MR) is 114 cm³/mol. The zero-order valence-corrected chi connectivity index (χ0v) is 16.8. The summed E-state index contributed by atoms with van der Waals surface area (Å²) in [6.45, 7) is 7.60. The third-order valence-electron chi connectivity index (χ3n) is 4.92. The number of aromatic nitrogens is 1. The van der Waals surface area contributed by atoms with Crippen LogP contribution in [0.25, 0.3) is 10.9 Å². The lowest BCUT2D eigenvalue weighted by atomic mass is 10.1. The van der Waals surface area contributed by atoms with Crippen molar-refractivity contribution in [3.05, 3.63) is 66.2 Å². The van der Waals surface area contributed by atoms with Crippen LogP contribution in [-0.4, -0.2) is 49.1 Å². The van der Waals surface area contributed by atoms with Crippen LogP contribution in [0.4, 0.5) is 5.69 Å². The second-order valence-electron chi connectivity index (χ2n) is 6.60. The van der Waals surface area contributed by atoms with Crippen molar-refractivity contribution in [1.29, 1.82) is 0 Å². The number of hydrogen-bond donors (Lipinski definition) is 0. The number of carbonyl (C=O) groups is 1. The first-order chi connectivity index (χ1) is 13.6. The number of fused-ring (bicyclic) bond motifs is 1. The van der Waals surface area contributed by atoms with Crippen molar-refractivity contribution in [2.75, 3.05) is 38.2 Å². The fourth-order valence-corrected chi connectivity index (χ4v) is 3.17. The minimum Gasteiger partial charge on any atom is -0.476 e. The van der Waals surface area contributed by atoms with Crippen LogP contribution in [0.15, 0.2) is 60.7 Å². The Balaban J connectivity index is 1.89. The molecule has 0 saturated carbocycles. The SMILES string of the molecule is CCN(CC)CCOc1cc(C(=O)N(C)c2ccccc2)c2ccccc2n1. The summed E-state index contributed by atoms with van der Waals surface area (Å²) in [5.41, 5.74) is 2.19. The van der Waals surface area contributed by atoms with E-state index in [0.29, 0.717) is 18.1 Å². The maximum atomic E-state index is 13.2. The number of hydrogen-bond acceptors (Lipinski definition) is 4. The summed E-state index contributed by atoms with van der Waals surface area (Å²) in [7, 11) is 1.79. The van der Waals surface area contributed by atoms with Crippen LogP contribution >= 0.6 is 0 Å². The number of ether oxygens (including phenoxy) is 1. The number of carbonyl (C=O) groups excluding carboxylic acids is 1. The number of likely N-dealkylation sites (N-methyl/N-ethyl adjacent to an activating group) is 1. The summed E-state index contributed by atoms with van der Waals surface area (Å²) in [5, 5.41) is 0.825. The smallest absolute Gasteiger partial charge is 0.258 e. The van der Waals surface area contributed by atoms with E-state index in [1.807, 2.05) is 54.6 Å². The van der Waals surface area contributed by atoms with Crippen molar-refractivity contribution < 1.29 is 9.53 Å². The van der Waals surface area contributed by atoms with Crippen LogP contribution in [0.3, 0.4) is 0 Å². The summed E-state index contributed by atoms with van der Waals surface area (Å²) < 4.78 is 5.90. The molecule has 0 atom stereocenters. The molecule has 0 radical (unpaired) electrons. The number of pyridine rings is 1. The Morgan fingerprint density at radius 3 is 2.39 bits per heavy atom. The van der Waals surface area contributed by atoms with Gasteiger partial charge in [0.15, 0.2) is 0 Å². The van der Waals surface area contributed by atoms with Gasteiger partial charge in [-0.25, -0.2) is 4.98 Å².